The quantitative estimate of drug-likeness (QED) is 0.758. The molecule has 5 nitrogen and oxygen atoms in total. The molecule has 1 aliphatic heterocycles. The molecule has 0 unspecified atom stereocenters. The first kappa shape index (κ1) is 19.4. The number of carbonyl (C=O) groups excluding carboxylic acids is 1. The Kier molecular flexibility index (Phi) is 5.11. The molecule has 4 atom stereocenters. The standard InChI is InChI=1S/C24H24N2O3S/c27-22-21(14-15-4-2-1-3-5-15)30-24(25-19-10-8-17(9-11-19)23(28)29)26(22)20-13-16-6-7-18(20)12-16/h1-5,8-11,16,18,20-21H,6-7,12-14H2,(H,28,29)/t16-,18+,20+,21-/m1/s1. The second kappa shape index (κ2) is 7.91. The van der Waals surface area contributed by atoms with Crippen LogP contribution in [0.1, 0.15) is 41.6 Å². The van der Waals surface area contributed by atoms with Crippen LogP contribution in [-0.2, 0) is 11.2 Å². The van der Waals surface area contributed by atoms with Crippen molar-refractivity contribution in [3.8, 4) is 0 Å². The van der Waals surface area contributed by atoms with E-state index in [0.717, 1.165) is 23.1 Å². The minimum Gasteiger partial charge on any atom is -0.478 e. The Hall–Kier alpha value is -2.60. The molecule has 1 heterocycles. The molecule has 1 amide bonds. The maximum atomic E-state index is 13.5. The molecule has 30 heavy (non-hydrogen) atoms. The molecule has 2 saturated carbocycles. The Labute approximate surface area is 180 Å². The lowest BCUT2D eigenvalue weighted by molar-refractivity contribution is -0.128. The summed E-state index contributed by atoms with van der Waals surface area (Å²) >= 11 is 1.55. The fourth-order valence-electron chi connectivity index (χ4n) is 5.14. The zero-order chi connectivity index (χ0) is 20.7. The molecule has 0 radical (unpaired) electrons. The summed E-state index contributed by atoms with van der Waals surface area (Å²) in [5.74, 6) is 0.533. The first-order valence-electron chi connectivity index (χ1n) is 10.5. The van der Waals surface area contributed by atoms with Crippen molar-refractivity contribution in [3.05, 3.63) is 65.7 Å². The van der Waals surface area contributed by atoms with Crippen molar-refractivity contribution < 1.29 is 14.7 Å². The van der Waals surface area contributed by atoms with Gasteiger partial charge in [-0.15, -0.1) is 0 Å². The molecule has 6 heteroatoms. The van der Waals surface area contributed by atoms with Gasteiger partial charge >= 0.3 is 5.97 Å². The monoisotopic (exact) mass is 420 g/mol. The number of hydrogen-bond acceptors (Lipinski definition) is 4. The van der Waals surface area contributed by atoms with Crippen LogP contribution in [0.15, 0.2) is 59.6 Å². The van der Waals surface area contributed by atoms with Gasteiger partial charge in [0.25, 0.3) is 0 Å². The van der Waals surface area contributed by atoms with E-state index in [4.69, 9.17) is 10.1 Å². The van der Waals surface area contributed by atoms with Gasteiger partial charge in [-0.05, 0) is 67.3 Å². The average molecular weight is 421 g/mol. The summed E-state index contributed by atoms with van der Waals surface area (Å²) < 4.78 is 0. The molecule has 0 spiro atoms. The van der Waals surface area contributed by atoms with Crippen LogP contribution in [-0.4, -0.2) is 38.3 Å². The van der Waals surface area contributed by atoms with Gasteiger partial charge in [-0.1, -0.05) is 48.5 Å². The summed E-state index contributed by atoms with van der Waals surface area (Å²) in [6.07, 6.45) is 5.48. The van der Waals surface area contributed by atoms with Gasteiger partial charge in [0.05, 0.1) is 16.5 Å². The van der Waals surface area contributed by atoms with Crippen LogP contribution in [0.4, 0.5) is 5.69 Å². The number of aromatic carboxylic acids is 1. The van der Waals surface area contributed by atoms with Crippen molar-refractivity contribution in [2.24, 2.45) is 16.8 Å². The average Bonchev–Trinajstić information content (AvgIpc) is 3.45. The maximum absolute atomic E-state index is 13.5. The van der Waals surface area contributed by atoms with Crippen LogP contribution in [0.5, 0.6) is 0 Å². The lowest BCUT2D eigenvalue weighted by atomic mass is 9.94. The number of hydrogen-bond donors (Lipinski definition) is 1. The third-order valence-corrected chi connectivity index (χ3v) is 7.75. The number of carbonyl (C=O) groups is 2. The molecule has 2 aromatic rings. The van der Waals surface area contributed by atoms with E-state index < -0.39 is 5.97 Å². The Morgan fingerprint density at radius 1 is 1.07 bits per heavy atom. The Balaban J connectivity index is 1.44. The zero-order valence-corrected chi connectivity index (χ0v) is 17.4. The molecule has 2 aromatic carbocycles. The van der Waals surface area contributed by atoms with E-state index in [1.807, 2.05) is 23.1 Å². The third-order valence-electron chi connectivity index (χ3n) is 6.60. The molecular weight excluding hydrogens is 396 g/mol. The lowest BCUT2D eigenvalue weighted by Gasteiger charge is -2.31. The summed E-state index contributed by atoms with van der Waals surface area (Å²) in [5.41, 5.74) is 2.08. The summed E-state index contributed by atoms with van der Waals surface area (Å²) in [4.78, 5) is 31.4. The van der Waals surface area contributed by atoms with Gasteiger partial charge in [0.2, 0.25) is 5.91 Å². The Bertz CT molecular complexity index is 989. The molecule has 0 aromatic heterocycles. The van der Waals surface area contributed by atoms with Crippen molar-refractivity contribution in [1.29, 1.82) is 0 Å². The van der Waals surface area contributed by atoms with E-state index in [1.165, 1.54) is 19.3 Å². The van der Waals surface area contributed by atoms with E-state index in [0.29, 0.717) is 18.0 Å². The number of benzene rings is 2. The minimum absolute atomic E-state index is 0.163. The fraction of sp³-hybridized carbons (Fsp3) is 0.375. The number of thioether (sulfide) groups is 1. The summed E-state index contributed by atoms with van der Waals surface area (Å²) in [7, 11) is 0. The van der Waals surface area contributed by atoms with Gasteiger partial charge in [-0.25, -0.2) is 9.79 Å². The van der Waals surface area contributed by atoms with Crippen molar-refractivity contribution in [1.82, 2.24) is 4.90 Å². The van der Waals surface area contributed by atoms with Crippen molar-refractivity contribution in [2.75, 3.05) is 0 Å². The van der Waals surface area contributed by atoms with E-state index in [2.05, 4.69) is 12.1 Å². The smallest absolute Gasteiger partial charge is 0.335 e. The van der Waals surface area contributed by atoms with Gasteiger partial charge in [-0.3, -0.25) is 9.69 Å². The van der Waals surface area contributed by atoms with Crippen LogP contribution >= 0.6 is 11.8 Å². The molecule has 3 aliphatic rings. The van der Waals surface area contributed by atoms with Crippen LogP contribution in [0.25, 0.3) is 0 Å². The number of carboxylic acids is 1. The van der Waals surface area contributed by atoms with E-state index >= 15 is 0 Å². The van der Waals surface area contributed by atoms with Crippen molar-refractivity contribution in [3.63, 3.8) is 0 Å². The number of nitrogens with zero attached hydrogens (tertiary/aromatic N) is 2. The first-order chi connectivity index (χ1) is 14.6. The van der Waals surface area contributed by atoms with E-state index in [9.17, 15) is 9.59 Å². The highest BCUT2D eigenvalue weighted by molar-refractivity contribution is 8.15. The van der Waals surface area contributed by atoms with Gasteiger partial charge in [-0.2, -0.15) is 0 Å². The highest BCUT2D eigenvalue weighted by Gasteiger charge is 2.49. The van der Waals surface area contributed by atoms with Gasteiger partial charge in [0, 0.05) is 6.04 Å². The molecule has 1 saturated heterocycles. The van der Waals surface area contributed by atoms with Crippen molar-refractivity contribution in [2.45, 2.75) is 43.4 Å². The lowest BCUT2D eigenvalue weighted by Crippen LogP contribution is -2.44. The van der Waals surface area contributed by atoms with Crippen LogP contribution in [0, 0.1) is 11.8 Å². The Morgan fingerprint density at radius 2 is 1.83 bits per heavy atom. The maximum Gasteiger partial charge on any atom is 0.335 e. The molecule has 154 valence electrons. The van der Waals surface area contributed by atoms with E-state index in [1.54, 1.807) is 36.0 Å². The normalized spacial score (nSPS) is 29.1. The van der Waals surface area contributed by atoms with Crippen LogP contribution in [0.3, 0.4) is 0 Å². The number of carboxylic acid groups (broad SMARTS) is 1. The molecule has 2 bridgehead atoms. The topological polar surface area (TPSA) is 70.0 Å². The Morgan fingerprint density at radius 3 is 2.47 bits per heavy atom. The second-order valence-corrected chi connectivity index (χ2v) is 9.66. The largest absolute Gasteiger partial charge is 0.478 e. The number of amidine groups is 1. The number of aliphatic imine (C=N–C) groups is 1. The molecular formula is C24H24N2O3S. The number of rotatable bonds is 5. The van der Waals surface area contributed by atoms with Crippen LogP contribution < -0.4 is 0 Å². The van der Waals surface area contributed by atoms with E-state index in [-0.39, 0.29) is 22.8 Å². The fourth-order valence-corrected chi connectivity index (χ4v) is 6.38. The number of fused-ring (bicyclic) bond motifs is 2. The molecule has 3 fully saturated rings. The van der Waals surface area contributed by atoms with Crippen LogP contribution in [0.2, 0.25) is 0 Å². The SMILES string of the molecule is O=C(O)c1ccc(N=C2S[C@H](Cc3ccccc3)C(=O)N2[C@H]2C[C@@H]3CC[C@H]2C3)cc1. The summed E-state index contributed by atoms with van der Waals surface area (Å²) in [6.45, 7) is 0. The summed E-state index contributed by atoms with van der Waals surface area (Å²) in [6, 6.07) is 16.9. The van der Waals surface area contributed by atoms with Crippen molar-refractivity contribution >= 4 is 34.5 Å². The summed E-state index contributed by atoms with van der Waals surface area (Å²) in [5, 5.41) is 9.72. The zero-order valence-electron chi connectivity index (χ0n) is 16.6. The minimum atomic E-state index is -0.953. The predicted molar refractivity (Wildman–Crippen MR) is 118 cm³/mol. The first-order valence-corrected chi connectivity index (χ1v) is 11.4. The highest BCUT2D eigenvalue weighted by Crippen LogP contribution is 2.49. The molecule has 1 N–H and O–H groups in total. The van der Waals surface area contributed by atoms with Gasteiger partial charge in [0.1, 0.15) is 0 Å². The predicted octanol–water partition coefficient (Wildman–Crippen LogP) is 4.75. The molecule has 5 rings (SSSR count). The third kappa shape index (κ3) is 3.65. The number of amides is 1. The molecule has 2 aliphatic carbocycles. The van der Waals surface area contributed by atoms with Gasteiger partial charge < -0.3 is 5.11 Å². The highest BCUT2D eigenvalue weighted by atomic mass is 32.2. The van der Waals surface area contributed by atoms with Gasteiger partial charge in [0.15, 0.2) is 5.17 Å². The second-order valence-electron chi connectivity index (χ2n) is 8.49.